The van der Waals surface area contributed by atoms with E-state index in [2.05, 4.69) is 19.9 Å². The Morgan fingerprint density at radius 3 is 2.06 bits per heavy atom. The van der Waals surface area contributed by atoms with E-state index in [1.807, 2.05) is 24.3 Å². The standard InChI is InChI=1S/C27H27NO3/c1-3-20(2)5-4-18-30-25-14-12-24(13-15-25)27(29)31-26-16-10-23(11-17-26)22-8-6-21(19-28)7-9-22/h6-17,20H,3-5,18H2,1-2H3. The van der Waals surface area contributed by atoms with Crippen LogP contribution in [0.25, 0.3) is 11.1 Å². The van der Waals surface area contributed by atoms with Gasteiger partial charge in [0.15, 0.2) is 0 Å². The Balaban J connectivity index is 1.53. The van der Waals surface area contributed by atoms with E-state index >= 15 is 0 Å². The lowest BCUT2D eigenvalue weighted by Gasteiger charge is -2.10. The molecule has 31 heavy (non-hydrogen) atoms. The molecule has 0 heterocycles. The van der Waals surface area contributed by atoms with Crippen molar-refractivity contribution in [3.05, 3.63) is 83.9 Å². The van der Waals surface area contributed by atoms with Gasteiger partial charge in [0.1, 0.15) is 11.5 Å². The minimum atomic E-state index is -0.408. The highest BCUT2D eigenvalue weighted by atomic mass is 16.5. The van der Waals surface area contributed by atoms with Crippen molar-refractivity contribution < 1.29 is 14.3 Å². The van der Waals surface area contributed by atoms with Crippen molar-refractivity contribution in [2.45, 2.75) is 33.1 Å². The van der Waals surface area contributed by atoms with Crippen LogP contribution in [-0.2, 0) is 0 Å². The summed E-state index contributed by atoms with van der Waals surface area (Å²) in [7, 11) is 0. The van der Waals surface area contributed by atoms with Gasteiger partial charge >= 0.3 is 5.97 Å². The second-order valence-corrected chi connectivity index (χ2v) is 7.63. The van der Waals surface area contributed by atoms with E-state index in [9.17, 15) is 4.79 Å². The van der Waals surface area contributed by atoms with Gasteiger partial charge in [0, 0.05) is 0 Å². The number of nitriles is 1. The molecule has 3 aromatic rings. The second kappa shape index (κ2) is 11.0. The van der Waals surface area contributed by atoms with Crippen LogP contribution in [0.4, 0.5) is 0 Å². The zero-order valence-corrected chi connectivity index (χ0v) is 18.0. The summed E-state index contributed by atoms with van der Waals surface area (Å²) in [6.45, 7) is 5.13. The molecular formula is C27H27NO3. The van der Waals surface area contributed by atoms with E-state index in [0.717, 1.165) is 35.6 Å². The van der Waals surface area contributed by atoms with Crippen LogP contribution in [0, 0.1) is 17.2 Å². The van der Waals surface area contributed by atoms with E-state index < -0.39 is 5.97 Å². The number of carbonyl (C=O) groups is 1. The van der Waals surface area contributed by atoms with Crippen molar-refractivity contribution >= 4 is 5.97 Å². The van der Waals surface area contributed by atoms with Gasteiger partial charge in [-0.3, -0.25) is 0 Å². The predicted octanol–water partition coefficient (Wildman–Crippen LogP) is 6.65. The zero-order chi connectivity index (χ0) is 22.1. The topological polar surface area (TPSA) is 59.3 Å². The maximum atomic E-state index is 12.4. The third kappa shape index (κ3) is 6.45. The largest absolute Gasteiger partial charge is 0.494 e. The van der Waals surface area contributed by atoms with Gasteiger partial charge in [0.2, 0.25) is 0 Å². The van der Waals surface area contributed by atoms with Crippen LogP contribution < -0.4 is 9.47 Å². The fraction of sp³-hybridized carbons (Fsp3) is 0.259. The summed E-state index contributed by atoms with van der Waals surface area (Å²) in [6.07, 6.45) is 3.37. The van der Waals surface area contributed by atoms with Crippen molar-refractivity contribution in [1.82, 2.24) is 0 Å². The summed E-state index contributed by atoms with van der Waals surface area (Å²) in [5, 5.41) is 8.90. The number of hydrogen-bond acceptors (Lipinski definition) is 4. The first-order valence-electron chi connectivity index (χ1n) is 10.6. The van der Waals surface area contributed by atoms with Crippen molar-refractivity contribution in [3.63, 3.8) is 0 Å². The molecule has 0 fully saturated rings. The molecule has 0 aliphatic rings. The first-order valence-corrected chi connectivity index (χ1v) is 10.6. The Morgan fingerprint density at radius 1 is 0.903 bits per heavy atom. The lowest BCUT2D eigenvalue weighted by Crippen LogP contribution is -2.08. The van der Waals surface area contributed by atoms with Gasteiger partial charge in [-0.25, -0.2) is 4.79 Å². The molecule has 4 nitrogen and oxygen atoms in total. The quantitative estimate of drug-likeness (QED) is 0.224. The third-order valence-corrected chi connectivity index (χ3v) is 5.31. The van der Waals surface area contributed by atoms with Crippen LogP contribution in [0.15, 0.2) is 72.8 Å². The Bertz CT molecular complexity index is 1020. The zero-order valence-electron chi connectivity index (χ0n) is 18.0. The van der Waals surface area contributed by atoms with Gasteiger partial charge in [-0.15, -0.1) is 0 Å². The molecule has 1 unspecified atom stereocenters. The number of benzene rings is 3. The van der Waals surface area contributed by atoms with Crippen LogP contribution >= 0.6 is 0 Å². The molecule has 0 aliphatic carbocycles. The first-order chi connectivity index (χ1) is 15.1. The number of ether oxygens (including phenoxy) is 2. The predicted molar refractivity (Wildman–Crippen MR) is 122 cm³/mol. The fourth-order valence-corrected chi connectivity index (χ4v) is 3.13. The van der Waals surface area contributed by atoms with Gasteiger partial charge in [0.05, 0.1) is 23.8 Å². The van der Waals surface area contributed by atoms with Crippen LogP contribution in [0.3, 0.4) is 0 Å². The number of hydrogen-bond donors (Lipinski definition) is 0. The average molecular weight is 414 g/mol. The maximum Gasteiger partial charge on any atom is 0.343 e. The van der Waals surface area contributed by atoms with Crippen molar-refractivity contribution in [3.8, 4) is 28.7 Å². The Hall–Kier alpha value is -3.58. The van der Waals surface area contributed by atoms with Crippen LogP contribution in [-0.4, -0.2) is 12.6 Å². The molecule has 4 heteroatoms. The molecule has 0 radical (unpaired) electrons. The molecule has 0 saturated heterocycles. The Morgan fingerprint density at radius 2 is 1.48 bits per heavy atom. The number of carbonyl (C=O) groups excluding carboxylic acids is 1. The second-order valence-electron chi connectivity index (χ2n) is 7.63. The third-order valence-electron chi connectivity index (χ3n) is 5.31. The highest BCUT2D eigenvalue weighted by molar-refractivity contribution is 5.91. The van der Waals surface area contributed by atoms with E-state index in [1.165, 1.54) is 6.42 Å². The van der Waals surface area contributed by atoms with Gasteiger partial charge < -0.3 is 9.47 Å². The van der Waals surface area contributed by atoms with E-state index in [4.69, 9.17) is 14.7 Å². The summed E-state index contributed by atoms with van der Waals surface area (Å²) in [4.78, 5) is 12.4. The van der Waals surface area contributed by atoms with Crippen molar-refractivity contribution in [2.24, 2.45) is 5.92 Å². The molecule has 0 N–H and O–H groups in total. The van der Waals surface area contributed by atoms with Gasteiger partial charge in [0.25, 0.3) is 0 Å². The molecule has 0 spiro atoms. The number of nitrogens with zero attached hydrogens (tertiary/aromatic N) is 1. The molecule has 0 saturated carbocycles. The Labute approximate surface area is 184 Å². The highest BCUT2D eigenvalue weighted by Gasteiger charge is 2.09. The minimum absolute atomic E-state index is 0.408. The monoisotopic (exact) mass is 413 g/mol. The molecule has 3 rings (SSSR count). The molecule has 0 aliphatic heterocycles. The summed E-state index contributed by atoms with van der Waals surface area (Å²) < 4.78 is 11.2. The SMILES string of the molecule is CCC(C)CCCOc1ccc(C(=O)Oc2ccc(-c3ccc(C#N)cc3)cc2)cc1. The minimum Gasteiger partial charge on any atom is -0.494 e. The molecule has 1 atom stereocenters. The molecule has 0 aromatic heterocycles. The normalized spacial score (nSPS) is 11.4. The average Bonchev–Trinajstić information content (AvgIpc) is 2.82. The molecule has 0 amide bonds. The number of esters is 1. The summed E-state index contributed by atoms with van der Waals surface area (Å²) in [5.41, 5.74) is 3.08. The Kier molecular flexibility index (Phi) is 7.84. The van der Waals surface area contributed by atoms with Crippen molar-refractivity contribution in [2.75, 3.05) is 6.61 Å². The first kappa shape index (κ1) is 22.1. The molecule has 3 aromatic carbocycles. The van der Waals surface area contributed by atoms with Crippen LogP contribution in [0.5, 0.6) is 11.5 Å². The molecule has 158 valence electrons. The maximum absolute atomic E-state index is 12.4. The summed E-state index contributed by atoms with van der Waals surface area (Å²) >= 11 is 0. The van der Waals surface area contributed by atoms with Crippen LogP contribution in [0.2, 0.25) is 0 Å². The summed E-state index contributed by atoms with van der Waals surface area (Å²) in [5.74, 6) is 1.55. The van der Waals surface area contributed by atoms with E-state index in [1.54, 1.807) is 48.5 Å². The summed E-state index contributed by atoms with van der Waals surface area (Å²) in [6, 6.07) is 23.8. The lowest BCUT2D eigenvalue weighted by molar-refractivity contribution is 0.0734. The number of rotatable bonds is 9. The van der Waals surface area contributed by atoms with E-state index in [0.29, 0.717) is 23.5 Å². The van der Waals surface area contributed by atoms with Crippen molar-refractivity contribution in [1.29, 1.82) is 5.26 Å². The highest BCUT2D eigenvalue weighted by Crippen LogP contribution is 2.23. The van der Waals surface area contributed by atoms with Gasteiger partial charge in [-0.2, -0.15) is 5.26 Å². The smallest absolute Gasteiger partial charge is 0.343 e. The molecule has 0 bridgehead atoms. The van der Waals surface area contributed by atoms with E-state index in [-0.39, 0.29) is 0 Å². The fourth-order valence-electron chi connectivity index (χ4n) is 3.13. The lowest BCUT2D eigenvalue weighted by atomic mass is 10.0. The van der Waals surface area contributed by atoms with Crippen LogP contribution in [0.1, 0.15) is 49.0 Å². The van der Waals surface area contributed by atoms with Gasteiger partial charge in [-0.05, 0) is 78.4 Å². The molecular weight excluding hydrogens is 386 g/mol. The van der Waals surface area contributed by atoms with Gasteiger partial charge in [-0.1, -0.05) is 44.5 Å².